The average Bonchev–Trinajstić information content (AvgIpc) is 3.33. The number of aliphatic imine (C=N–C) groups is 1. The Morgan fingerprint density at radius 3 is 2.50 bits per heavy atom. The second kappa shape index (κ2) is 13.5. The predicted molar refractivity (Wildman–Crippen MR) is 170 cm³/mol. The summed E-state index contributed by atoms with van der Waals surface area (Å²) in [6.07, 6.45) is 5.20. The van der Waals surface area contributed by atoms with Crippen LogP contribution in [0, 0.1) is 6.92 Å². The first-order chi connectivity index (χ1) is 21.8. The molecule has 1 saturated heterocycles. The van der Waals surface area contributed by atoms with Crippen LogP contribution in [0.3, 0.4) is 0 Å². The number of amidine groups is 1. The fraction of sp³-hybridized carbons (Fsp3) is 0.485. The van der Waals surface area contributed by atoms with E-state index >= 15 is 0 Å². The molecule has 0 unspecified atom stereocenters. The van der Waals surface area contributed by atoms with E-state index in [1.165, 1.54) is 16.4 Å². The maximum atomic E-state index is 14.5. The lowest BCUT2D eigenvalue weighted by Gasteiger charge is -2.34. The van der Waals surface area contributed by atoms with Crippen molar-refractivity contribution >= 4 is 27.7 Å². The summed E-state index contributed by atoms with van der Waals surface area (Å²) in [4.78, 5) is 32.4. The molecule has 5 aliphatic rings. The Kier molecular flexibility index (Phi) is 9.83. The van der Waals surface area contributed by atoms with Gasteiger partial charge in [-0.1, -0.05) is 6.07 Å². The maximum Gasteiger partial charge on any atom is 0.270 e. The predicted octanol–water partition coefficient (Wildman–Crippen LogP) is 4.17. The van der Waals surface area contributed by atoms with Gasteiger partial charge < -0.3 is 19.7 Å². The molecule has 2 amide bonds. The van der Waals surface area contributed by atoms with Crippen molar-refractivity contribution in [3.05, 3.63) is 76.6 Å². The third kappa shape index (κ3) is 7.58. The Morgan fingerprint density at radius 2 is 1.78 bits per heavy atom. The molecule has 0 saturated carbocycles. The van der Waals surface area contributed by atoms with E-state index in [2.05, 4.69) is 10.3 Å². The van der Waals surface area contributed by atoms with Gasteiger partial charge in [-0.2, -0.15) is 0 Å². The fourth-order valence-corrected chi connectivity index (χ4v) is 7.26. The molecule has 1 spiro atoms. The lowest BCUT2D eigenvalue weighted by Crippen LogP contribution is -2.50. The number of amides is 2. The summed E-state index contributed by atoms with van der Waals surface area (Å²) >= 11 is 0. The number of benzene rings is 2. The number of halogens is 2. The number of rotatable bonds is 1. The number of sulfonamides is 1. The molecule has 0 aromatic heterocycles. The quantitative estimate of drug-likeness (QED) is 0.492. The van der Waals surface area contributed by atoms with Crippen LogP contribution in [-0.2, 0) is 31.9 Å². The van der Waals surface area contributed by atoms with Gasteiger partial charge in [0.05, 0.1) is 25.2 Å². The highest BCUT2D eigenvalue weighted by Crippen LogP contribution is 2.35. The van der Waals surface area contributed by atoms with Crippen molar-refractivity contribution in [3.8, 4) is 5.75 Å². The van der Waals surface area contributed by atoms with Gasteiger partial charge in [-0.05, 0) is 86.6 Å². The molecule has 10 nitrogen and oxygen atoms in total. The molecule has 1 fully saturated rings. The lowest BCUT2D eigenvalue weighted by atomic mass is 9.89. The van der Waals surface area contributed by atoms with Gasteiger partial charge in [0.15, 0.2) is 0 Å². The van der Waals surface area contributed by atoms with Gasteiger partial charge in [0.1, 0.15) is 23.7 Å². The summed E-state index contributed by atoms with van der Waals surface area (Å²) in [6.45, 7) is 3.77. The monoisotopic (exact) mass is 658 g/mol. The summed E-state index contributed by atoms with van der Waals surface area (Å²) in [7, 11) is -1.96. The number of carbonyl (C=O) groups is 2. The SMILES string of the molecule is Cc1cc2ccc1CCS(=O)(=O)N1CCC3(CC1)N=C(NC3=O)c1cc(cc(C(C)(F)F)c1)OCCC/C=C\OCCN(C)C2=O. The Balaban J connectivity index is 1.40. The number of alkyl halides is 2. The summed E-state index contributed by atoms with van der Waals surface area (Å²) in [5.74, 6) is -3.44. The molecule has 5 aliphatic heterocycles. The second-order valence-electron chi connectivity index (χ2n) is 12.1. The molecule has 46 heavy (non-hydrogen) atoms. The average molecular weight is 659 g/mol. The van der Waals surface area contributed by atoms with Gasteiger partial charge in [0, 0.05) is 43.8 Å². The first kappa shape index (κ1) is 33.5. The van der Waals surface area contributed by atoms with Crippen molar-refractivity contribution in [2.24, 2.45) is 4.99 Å². The number of nitrogens with zero attached hydrogens (tertiary/aromatic N) is 3. The molecule has 5 heterocycles. The normalized spacial score (nSPS) is 25.2. The van der Waals surface area contributed by atoms with Crippen LogP contribution in [0.2, 0.25) is 0 Å². The van der Waals surface area contributed by atoms with Gasteiger partial charge in [0.25, 0.3) is 17.7 Å². The van der Waals surface area contributed by atoms with E-state index in [9.17, 15) is 26.8 Å². The summed E-state index contributed by atoms with van der Waals surface area (Å²) in [5.41, 5.74) is 1.00. The van der Waals surface area contributed by atoms with E-state index in [1.807, 2.05) is 13.0 Å². The van der Waals surface area contributed by atoms with Crippen LogP contribution in [0.1, 0.15) is 65.2 Å². The van der Waals surface area contributed by atoms with Gasteiger partial charge in [-0.25, -0.2) is 21.5 Å². The largest absolute Gasteiger partial charge is 0.500 e. The number of fused-ring (bicyclic) bond motifs is 2. The molecular weight excluding hydrogens is 618 g/mol. The molecule has 2 aromatic carbocycles. The van der Waals surface area contributed by atoms with Crippen molar-refractivity contribution < 1.29 is 36.3 Å². The van der Waals surface area contributed by atoms with Crippen molar-refractivity contribution in [2.75, 3.05) is 45.6 Å². The Bertz CT molecular complexity index is 1650. The summed E-state index contributed by atoms with van der Waals surface area (Å²) < 4.78 is 68.3. The molecule has 7 rings (SSSR count). The molecule has 0 radical (unpaired) electrons. The molecule has 248 valence electrons. The molecule has 1 N–H and O–H groups in total. The summed E-state index contributed by atoms with van der Waals surface area (Å²) in [5, 5.41) is 2.75. The Labute approximate surface area is 268 Å². The van der Waals surface area contributed by atoms with Gasteiger partial charge in [0.2, 0.25) is 10.0 Å². The number of allylic oxidation sites excluding steroid dienone is 1. The molecule has 0 atom stereocenters. The van der Waals surface area contributed by atoms with E-state index in [0.29, 0.717) is 37.1 Å². The van der Waals surface area contributed by atoms with Gasteiger partial charge >= 0.3 is 0 Å². The van der Waals surface area contributed by atoms with Crippen LogP contribution in [0.5, 0.6) is 5.75 Å². The van der Waals surface area contributed by atoms with E-state index in [4.69, 9.17) is 9.47 Å². The Morgan fingerprint density at radius 1 is 1.02 bits per heavy atom. The standard InChI is InChI=1S/C33H40F2N4O6S/c1-23-19-25-8-7-24(23)9-18-46(42,43)39-12-10-33(11-13-39)31(41)36-29(37-33)26-20-27(32(2,34)35)22-28(21-26)45-16-6-4-5-15-44-17-14-38(3)30(25)40/h5,7-8,15,19-22H,4,6,9-14,16-18H2,1-3H3,(H,36,37,41)/b15-5-. The minimum Gasteiger partial charge on any atom is -0.500 e. The minimum absolute atomic E-state index is 0.102. The van der Waals surface area contributed by atoms with E-state index in [0.717, 1.165) is 18.1 Å². The van der Waals surface area contributed by atoms with Crippen molar-refractivity contribution in [2.45, 2.75) is 57.4 Å². The zero-order valence-electron chi connectivity index (χ0n) is 26.4. The maximum absolute atomic E-state index is 14.5. The van der Waals surface area contributed by atoms with Crippen molar-refractivity contribution in [1.29, 1.82) is 0 Å². The number of likely N-dealkylation sites (N-methyl/N-ethyl adjacent to an activating group) is 1. The first-order valence-corrected chi connectivity index (χ1v) is 17.1. The topological polar surface area (TPSA) is 118 Å². The summed E-state index contributed by atoms with van der Waals surface area (Å²) in [6, 6.07) is 9.42. The molecule has 13 heteroatoms. The van der Waals surface area contributed by atoms with Crippen LogP contribution in [0.25, 0.3) is 0 Å². The third-order valence-corrected chi connectivity index (χ3v) is 10.6. The highest BCUT2D eigenvalue weighted by atomic mass is 32.2. The van der Waals surface area contributed by atoms with Crippen LogP contribution in [0.15, 0.2) is 53.7 Å². The molecule has 0 aliphatic carbocycles. The number of ether oxygens (including phenoxy) is 2. The number of nitrogens with one attached hydrogen (secondary N) is 1. The zero-order chi connectivity index (χ0) is 33.1. The van der Waals surface area contributed by atoms with E-state index in [1.54, 1.807) is 42.5 Å². The minimum atomic E-state index is -3.65. The van der Waals surface area contributed by atoms with Crippen molar-refractivity contribution in [1.82, 2.24) is 14.5 Å². The van der Waals surface area contributed by atoms with Gasteiger partial charge in [-0.15, -0.1) is 0 Å². The van der Waals surface area contributed by atoms with Crippen LogP contribution in [0.4, 0.5) is 8.78 Å². The highest BCUT2D eigenvalue weighted by Gasteiger charge is 2.47. The zero-order valence-corrected chi connectivity index (χ0v) is 27.2. The molecular formula is C33H40F2N4O6S. The fourth-order valence-electron chi connectivity index (χ4n) is 5.78. The molecule has 7 bridgehead atoms. The smallest absolute Gasteiger partial charge is 0.270 e. The van der Waals surface area contributed by atoms with Crippen molar-refractivity contribution in [3.63, 3.8) is 0 Å². The van der Waals surface area contributed by atoms with E-state index in [-0.39, 0.29) is 73.7 Å². The molecule has 2 aromatic rings. The number of piperidine rings is 1. The van der Waals surface area contributed by atoms with Gasteiger partial charge in [-0.3, -0.25) is 14.6 Å². The van der Waals surface area contributed by atoms with Crippen LogP contribution in [-0.4, -0.2) is 86.5 Å². The second-order valence-corrected chi connectivity index (χ2v) is 14.2. The lowest BCUT2D eigenvalue weighted by molar-refractivity contribution is -0.124. The highest BCUT2D eigenvalue weighted by molar-refractivity contribution is 7.89. The number of carbonyl (C=O) groups excluding carboxylic acids is 2. The first-order valence-electron chi connectivity index (χ1n) is 15.4. The van der Waals surface area contributed by atoms with E-state index < -0.39 is 21.5 Å². The number of hydrogen-bond donors (Lipinski definition) is 1. The Hall–Kier alpha value is -3.84. The van der Waals surface area contributed by atoms with Crippen LogP contribution >= 0.6 is 0 Å². The van der Waals surface area contributed by atoms with Crippen LogP contribution < -0.4 is 10.1 Å². The number of hydrogen-bond acceptors (Lipinski definition) is 7. The third-order valence-electron chi connectivity index (χ3n) is 8.70. The number of aryl methyl sites for hydroxylation is 2.